The second kappa shape index (κ2) is 6.49. The maximum Gasteiger partial charge on any atom is 0.573 e. The number of pyridine rings is 1. The van der Waals surface area contributed by atoms with Gasteiger partial charge in [0.15, 0.2) is 6.20 Å². The first-order chi connectivity index (χ1) is 10.1. The number of carbonyl (C=O) groups excluding carboxylic acids is 1. The van der Waals surface area contributed by atoms with Crippen LogP contribution in [0.4, 0.5) is 27.8 Å². The molecule has 0 aromatic carbocycles. The molecule has 1 rings (SSSR count). The lowest BCUT2D eigenvalue weighted by Crippen LogP contribution is -2.21. The van der Waals surface area contributed by atoms with Gasteiger partial charge in [0, 0.05) is 0 Å². The lowest BCUT2D eigenvalue weighted by molar-refractivity contribution is -0.393. The lowest BCUT2D eigenvalue weighted by Gasteiger charge is -2.14. The molecule has 0 amide bonds. The van der Waals surface area contributed by atoms with Crippen LogP contribution in [0.5, 0.6) is 5.75 Å². The number of nitro groups is 1. The molecule has 0 fully saturated rings. The maximum atomic E-state index is 13.0. The van der Waals surface area contributed by atoms with Crippen molar-refractivity contribution in [1.29, 1.82) is 0 Å². The first kappa shape index (κ1) is 17.5. The number of alkyl halides is 5. The number of carbonyl (C=O) groups is 1. The molecule has 0 atom stereocenters. The molecule has 0 aliphatic rings. The molecule has 12 heteroatoms. The highest BCUT2D eigenvalue weighted by Gasteiger charge is 2.41. The molecule has 0 saturated heterocycles. The van der Waals surface area contributed by atoms with Crippen LogP contribution in [0.15, 0.2) is 6.20 Å². The minimum Gasteiger partial charge on any atom is -0.462 e. The standard InChI is InChI=1S/C10H7F5N2O5/c1-2-21-9(18)4-3-16-8(17(19)20)6(5(4)7(11)12)22-10(13,14)15/h3,7H,2H2,1H3. The number of nitrogens with zero attached hydrogens (tertiary/aromatic N) is 2. The Hall–Kier alpha value is -2.53. The molecule has 122 valence electrons. The number of hydrogen-bond donors (Lipinski definition) is 0. The Kier molecular flexibility index (Phi) is 5.17. The van der Waals surface area contributed by atoms with E-state index < -0.39 is 46.4 Å². The minimum atomic E-state index is -5.50. The fraction of sp³-hybridized carbons (Fsp3) is 0.400. The van der Waals surface area contributed by atoms with Crippen molar-refractivity contribution in [3.8, 4) is 5.75 Å². The van der Waals surface area contributed by atoms with Crippen LogP contribution in [0.25, 0.3) is 0 Å². The van der Waals surface area contributed by atoms with Gasteiger partial charge in [-0.1, -0.05) is 0 Å². The average molecular weight is 330 g/mol. The number of aromatic nitrogens is 1. The first-order valence-electron chi connectivity index (χ1n) is 5.46. The van der Waals surface area contributed by atoms with E-state index in [2.05, 4.69) is 14.5 Å². The Bertz CT molecular complexity index is 590. The van der Waals surface area contributed by atoms with Crippen molar-refractivity contribution in [1.82, 2.24) is 4.98 Å². The van der Waals surface area contributed by atoms with Crippen LogP contribution in [-0.2, 0) is 4.74 Å². The molecular weight excluding hydrogens is 323 g/mol. The van der Waals surface area contributed by atoms with Gasteiger partial charge < -0.3 is 19.6 Å². The fourth-order valence-corrected chi connectivity index (χ4v) is 1.43. The van der Waals surface area contributed by atoms with Crippen LogP contribution in [0.3, 0.4) is 0 Å². The largest absolute Gasteiger partial charge is 0.573 e. The van der Waals surface area contributed by atoms with Crippen molar-refractivity contribution in [2.75, 3.05) is 6.61 Å². The van der Waals surface area contributed by atoms with E-state index >= 15 is 0 Å². The van der Waals surface area contributed by atoms with Gasteiger partial charge in [0.05, 0.1) is 12.2 Å². The third-order valence-corrected chi connectivity index (χ3v) is 2.16. The molecule has 0 aliphatic carbocycles. The van der Waals surface area contributed by atoms with E-state index in [1.165, 1.54) is 6.92 Å². The molecule has 22 heavy (non-hydrogen) atoms. The van der Waals surface area contributed by atoms with Crippen LogP contribution >= 0.6 is 0 Å². The molecule has 0 unspecified atom stereocenters. The SMILES string of the molecule is CCOC(=O)c1cnc([N+](=O)[O-])c(OC(F)(F)F)c1C(F)F. The Balaban J connectivity index is 3.60. The van der Waals surface area contributed by atoms with Gasteiger partial charge in [0.25, 0.3) is 6.43 Å². The molecule has 1 heterocycles. The van der Waals surface area contributed by atoms with Crippen molar-refractivity contribution < 1.29 is 41.1 Å². The fourth-order valence-electron chi connectivity index (χ4n) is 1.43. The van der Waals surface area contributed by atoms with E-state index in [9.17, 15) is 36.9 Å². The summed E-state index contributed by atoms with van der Waals surface area (Å²) in [5.41, 5.74) is -2.67. The second-order valence-corrected chi connectivity index (χ2v) is 3.56. The highest BCUT2D eigenvalue weighted by molar-refractivity contribution is 5.92. The van der Waals surface area contributed by atoms with Crippen LogP contribution in [0.2, 0.25) is 0 Å². The van der Waals surface area contributed by atoms with Crippen LogP contribution < -0.4 is 4.74 Å². The number of rotatable bonds is 5. The predicted octanol–water partition coefficient (Wildman–Crippen LogP) is 3.00. The normalized spacial score (nSPS) is 11.4. The van der Waals surface area contributed by atoms with Gasteiger partial charge in [-0.15, -0.1) is 13.2 Å². The summed E-state index contributed by atoms with van der Waals surface area (Å²) >= 11 is 0. The summed E-state index contributed by atoms with van der Waals surface area (Å²) in [5.74, 6) is -4.86. The molecule has 1 aromatic rings. The van der Waals surface area contributed by atoms with E-state index in [-0.39, 0.29) is 6.61 Å². The first-order valence-corrected chi connectivity index (χ1v) is 5.46. The van der Waals surface area contributed by atoms with E-state index in [1.807, 2.05) is 0 Å². The average Bonchev–Trinajstić information content (AvgIpc) is 2.35. The van der Waals surface area contributed by atoms with Crippen molar-refractivity contribution in [3.63, 3.8) is 0 Å². The quantitative estimate of drug-likeness (QED) is 0.357. The predicted molar refractivity (Wildman–Crippen MR) is 58.5 cm³/mol. The highest BCUT2D eigenvalue weighted by Crippen LogP contribution is 2.40. The molecule has 0 saturated carbocycles. The monoisotopic (exact) mass is 330 g/mol. The van der Waals surface area contributed by atoms with E-state index in [0.717, 1.165) is 0 Å². The number of hydrogen-bond acceptors (Lipinski definition) is 6. The summed E-state index contributed by atoms with van der Waals surface area (Å²) in [6.45, 7) is 1.07. The van der Waals surface area contributed by atoms with Crippen molar-refractivity contribution in [3.05, 3.63) is 27.4 Å². The Morgan fingerprint density at radius 1 is 1.45 bits per heavy atom. The third kappa shape index (κ3) is 3.99. The molecular formula is C10H7F5N2O5. The summed E-state index contributed by atoms with van der Waals surface area (Å²) in [6.07, 6.45) is -8.83. The Labute approximate surface area is 118 Å². The molecule has 0 bridgehead atoms. The van der Waals surface area contributed by atoms with Crippen LogP contribution in [-0.4, -0.2) is 28.8 Å². The Morgan fingerprint density at radius 2 is 2.05 bits per heavy atom. The molecule has 1 aromatic heterocycles. The Morgan fingerprint density at radius 3 is 2.45 bits per heavy atom. The van der Waals surface area contributed by atoms with Gasteiger partial charge >= 0.3 is 18.1 Å². The van der Waals surface area contributed by atoms with Gasteiger partial charge in [-0.3, -0.25) is 0 Å². The second-order valence-electron chi connectivity index (χ2n) is 3.56. The van der Waals surface area contributed by atoms with E-state index in [4.69, 9.17) is 0 Å². The van der Waals surface area contributed by atoms with Crippen molar-refractivity contribution in [2.45, 2.75) is 19.7 Å². The number of halogens is 5. The molecule has 0 N–H and O–H groups in total. The third-order valence-electron chi connectivity index (χ3n) is 2.16. The summed E-state index contributed by atoms with van der Waals surface area (Å²) in [4.78, 5) is 23.6. The smallest absolute Gasteiger partial charge is 0.462 e. The summed E-state index contributed by atoms with van der Waals surface area (Å²) in [5, 5.41) is 10.6. The van der Waals surface area contributed by atoms with Crippen molar-refractivity contribution in [2.24, 2.45) is 0 Å². The topological polar surface area (TPSA) is 91.6 Å². The molecule has 0 radical (unpaired) electrons. The molecule has 0 aliphatic heterocycles. The summed E-state index contributed by atoms with van der Waals surface area (Å²) in [6, 6.07) is 0. The maximum absolute atomic E-state index is 13.0. The van der Waals surface area contributed by atoms with Gasteiger partial charge in [0.2, 0.25) is 5.75 Å². The lowest BCUT2D eigenvalue weighted by atomic mass is 10.1. The number of esters is 1. The van der Waals surface area contributed by atoms with Gasteiger partial charge in [-0.2, -0.15) is 0 Å². The van der Waals surface area contributed by atoms with Gasteiger partial charge in [0.1, 0.15) is 5.56 Å². The van der Waals surface area contributed by atoms with Crippen LogP contribution in [0, 0.1) is 10.1 Å². The van der Waals surface area contributed by atoms with Gasteiger partial charge in [-0.05, 0) is 16.8 Å². The van der Waals surface area contributed by atoms with Gasteiger partial charge in [-0.25, -0.2) is 13.6 Å². The van der Waals surface area contributed by atoms with E-state index in [1.54, 1.807) is 0 Å². The zero-order valence-electron chi connectivity index (χ0n) is 10.7. The zero-order valence-corrected chi connectivity index (χ0v) is 10.7. The zero-order chi connectivity index (χ0) is 17.1. The van der Waals surface area contributed by atoms with Crippen LogP contribution in [0.1, 0.15) is 29.3 Å². The molecule has 0 spiro atoms. The number of ether oxygens (including phenoxy) is 2. The summed E-state index contributed by atoms with van der Waals surface area (Å²) in [7, 11) is 0. The summed E-state index contributed by atoms with van der Waals surface area (Å²) < 4.78 is 70.5. The van der Waals surface area contributed by atoms with E-state index in [0.29, 0.717) is 6.20 Å². The molecule has 7 nitrogen and oxygen atoms in total. The highest BCUT2D eigenvalue weighted by atomic mass is 19.4. The minimum absolute atomic E-state index is 0.256. The van der Waals surface area contributed by atoms with Crippen molar-refractivity contribution >= 4 is 11.8 Å².